The lowest BCUT2D eigenvalue weighted by Gasteiger charge is -2.27. The highest BCUT2D eigenvalue weighted by molar-refractivity contribution is 7.99. The summed E-state index contributed by atoms with van der Waals surface area (Å²) in [6.07, 6.45) is 0.381. The zero-order chi connectivity index (χ0) is 20.9. The van der Waals surface area contributed by atoms with E-state index in [1.54, 1.807) is 24.3 Å². The Bertz CT molecular complexity index is 942. The van der Waals surface area contributed by atoms with E-state index >= 15 is 0 Å². The van der Waals surface area contributed by atoms with E-state index in [2.05, 4.69) is 15.6 Å². The fourth-order valence-electron chi connectivity index (χ4n) is 3.52. The lowest BCUT2D eigenvalue weighted by molar-refractivity contribution is -0.130. The number of amides is 3. The van der Waals surface area contributed by atoms with Crippen molar-refractivity contribution in [2.24, 2.45) is 0 Å². The molecule has 30 heavy (non-hydrogen) atoms. The molecule has 156 valence electrons. The van der Waals surface area contributed by atoms with Gasteiger partial charge in [0.05, 0.1) is 5.69 Å². The summed E-state index contributed by atoms with van der Waals surface area (Å²) in [6, 6.07) is 14.5. The third kappa shape index (κ3) is 4.83. The summed E-state index contributed by atoms with van der Waals surface area (Å²) in [5.41, 5.74) is 5.48. The van der Waals surface area contributed by atoms with E-state index in [4.69, 9.17) is 0 Å². The molecule has 2 aromatic rings. The molecular formula is C22H24N4O3S. The molecule has 0 bridgehead atoms. The Morgan fingerprint density at radius 1 is 1.00 bits per heavy atom. The number of carbonyl (C=O) groups is 3. The Morgan fingerprint density at radius 2 is 1.73 bits per heavy atom. The Hall–Kier alpha value is -2.84. The van der Waals surface area contributed by atoms with Gasteiger partial charge in [-0.15, -0.1) is 0 Å². The van der Waals surface area contributed by atoms with E-state index < -0.39 is 0 Å². The van der Waals surface area contributed by atoms with E-state index in [1.165, 1.54) is 5.01 Å². The molecule has 0 saturated carbocycles. The molecule has 3 amide bonds. The highest BCUT2D eigenvalue weighted by Gasteiger charge is 2.24. The van der Waals surface area contributed by atoms with Crippen LogP contribution >= 0.6 is 11.8 Å². The van der Waals surface area contributed by atoms with E-state index in [1.807, 2.05) is 36.0 Å². The summed E-state index contributed by atoms with van der Waals surface area (Å²) in [5, 5.41) is 4.25. The first-order valence-corrected chi connectivity index (χ1v) is 11.2. The lowest BCUT2D eigenvalue weighted by atomic mass is 10.1. The molecule has 0 atom stereocenters. The molecule has 2 aliphatic rings. The summed E-state index contributed by atoms with van der Waals surface area (Å²) < 4.78 is 0. The van der Waals surface area contributed by atoms with Gasteiger partial charge in [0.15, 0.2) is 0 Å². The average molecular weight is 425 g/mol. The molecule has 0 radical (unpaired) electrons. The van der Waals surface area contributed by atoms with Gasteiger partial charge in [0, 0.05) is 55.2 Å². The van der Waals surface area contributed by atoms with Crippen LogP contribution in [0.3, 0.4) is 0 Å². The van der Waals surface area contributed by atoms with Crippen molar-refractivity contribution >= 4 is 40.9 Å². The van der Waals surface area contributed by atoms with E-state index in [0.717, 1.165) is 42.4 Å². The molecule has 0 unspecified atom stereocenters. The van der Waals surface area contributed by atoms with Crippen LogP contribution < -0.4 is 15.8 Å². The molecule has 0 aromatic heterocycles. The molecule has 0 spiro atoms. The number of hydrazine groups is 1. The second kappa shape index (κ2) is 9.32. The highest BCUT2D eigenvalue weighted by atomic mass is 32.2. The van der Waals surface area contributed by atoms with E-state index in [9.17, 15) is 14.4 Å². The van der Waals surface area contributed by atoms with Crippen LogP contribution in [0.25, 0.3) is 0 Å². The van der Waals surface area contributed by atoms with Crippen molar-refractivity contribution < 1.29 is 14.4 Å². The quantitative estimate of drug-likeness (QED) is 0.771. The number of nitrogens with one attached hydrogen (secondary N) is 2. The number of benzene rings is 2. The fourth-order valence-corrected chi connectivity index (χ4v) is 4.50. The lowest BCUT2D eigenvalue weighted by Crippen LogP contribution is -2.50. The van der Waals surface area contributed by atoms with Crippen molar-refractivity contribution in [2.45, 2.75) is 19.4 Å². The molecule has 2 fully saturated rings. The molecule has 2 saturated heterocycles. The molecular weight excluding hydrogens is 400 g/mol. The summed E-state index contributed by atoms with van der Waals surface area (Å²) in [7, 11) is 0. The number of carbonyl (C=O) groups excluding carboxylic acids is 3. The van der Waals surface area contributed by atoms with Crippen LogP contribution in [0.5, 0.6) is 0 Å². The van der Waals surface area contributed by atoms with Crippen molar-refractivity contribution in [1.29, 1.82) is 0 Å². The van der Waals surface area contributed by atoms with Crippen LogP contribution in [-0.2, 0) is 16.1 Å². The second-order valence-electron chi connectivity index (χ2n) is 7.31. The molecule has 2 heterocycles. The number of hydrogen-bond acceptors (Lipinski definition) is 5. The van der Waals surface area contributed by atoms with Gasteiger partial charge in [-0.3, -0.25) is 24.7 Å². The SMILES string of the molecule is O=C1CCC(=O)N(c2ccc(C(=O)Nc3ccccc3CN3CCSCC3)cc2)N1. The van der Waals surface area contributed by atoms with E-state index in [-0.39, 0.29) is 30.6 Å². The fraction of sp³-hybridized carbons (Fsp3) is 0.318. The van der Waals surface area contributed by atoms with Gasteiger partial charge in [0.2, 0.25) is 11.8 Å². The highest BCUT2D eigenvalue weighted by Crippen LogP contribution is 2.22. The predicted octanol–water partition coefficient (Wildman–Crippen LogP) is 2.65. The largest absolute Gasteiger partial charge is 0.322 e. The molecule has 4 rings (SSSR count). The van der Waals surface area contributed by atoms with Crippen molar-refractivity contribution in [3.63, 3.8) is 0 Å². The second-order valence-corrected chi connectivity index (χ2v) is 8.54. The average Bonchev–Trinajstić information content (AvgIpc) is 2.77. The summed E-state index contributed by atoms with van der Waals surface area (Å²) >= 11 is 1.97. The van der Waals surface area contributed by atoms with Crippen LogP contribution in [0.2, 0.25) is 0 Å². The number of rotatable bonds is 5. The topological polar surface area (TPSA) is 81.8 Å². The van der Waals surface area contributed by atoms with Crippen LogP contribution in [0.4, 0.5) is 11.4 Å². The number of anilines is 2. The molecule has 7 nitrogen and oxygen atoms in total. The zero-order valence-electron chi connectivity index (χ0n) is 16.6. The van der Waals surface area contributed by atoms with Crippen LogP contribution in [0.15, 0.2) is 48.5 Å². The first-order chi connectivity index (χ1) is 14.6. The monoisotopic (exact) mass is 424 g/mol. The Labute approximate surface area is 179 Å². The third-order valence-electron chi connectivity index (χ3n) is 5.20. The summed E-state index contributed by atoms with van der Waals surface area (Å²) in [4.78, 5) is 38.8. The standard InChI is InChI=1S/C22H24N4O3S/c27-20-9-10-21(28)26(24-20)18-7-5-16(6-8-18)22(29)23-19-4-2-1-3-17(19)15-25-11-13-30-14-12-25/h1-8H,9-15H2,(H,23,29)(H,24,27). The maximum Gasteiger partial charge on any atom is 0.255 e. The Morgan fingerprint density at radius 3 is 2.50 bits per heavy atom. The van der Waals surface area contributed by atoms with Crippen LogP contribution in [0, 0.1) is 0 Å². The molecule has 8 heteroatoms. The van der Waals surface area contributed by atoms with Crippen LogP contribution in [-0.4, -0.2) is 47.2 Å². The summed E-state index contributed by atoms with van der Waals surface area (Å²) in [5.74, 6) is 1.70. The number of nitrogens with zero attached hydrogens (tertiary/aromatic N) is 2. The molecule has 2 N–H and O–H groups in total. The van der Waals surface area contributed by atoms with Gasteiger partial charge in [-0.1, -0.05) is 18.2 Å². The maximum atomic E-state index is 12.8. The first kappa shape index (κ1) is 20.4. The van der Waals surface area contributed by atoms with Gasteiger partial charge < -0.3 is 5.32 Å². The van der Waals surface area contributed by atoms with Gasteiger partial charge in [0.25, 0.3) is 5.91 Å². The Kier molecular flexibility index (Phi) is 6.35. The predicted molar refractivity (Wildman–Crippen MR) is 118 cm³/mol. The van der Waals surface area contributed by atoms with Crippen LogP contribution in [0.1, 0.15) is 28.8 Å². The summed E-state index contributed by atoms with van der Waals surface area (Å²) in [6.45, 7) is 2.92. The normalized spacial score (nSPS) is 17.5. The number of thioether (sulfide) groups is 1. The third-order valence-corrected chi connectivity index (χ3v) is 6.15. The first-order valence-electron chi connectivity index (χ1n) is 10.0. The van der Waals surface area contributed by atoms with Crippen molar-refractivity contribution in [3.05, 3.63) is 59.7 Å². The van der Waals surface area contributed by atoms with Crippen molar-refractivity contribution in [1.82, 2.24) is 10.3 Å². The molecule has 2 aliphatic heterocycles. The Balaban J connectivity index is 1.44. The van der Waals surface area contributed by atoms with Gasteiger partial charge in [-0.05, 0) is 35.9 Å². The maximum absolute atomic E-state index is 12.8. The number of hydrogen-bond donors (Lipinski definition) is 2. The minimum atomic E-state index is -0.211. The number of para-hydroxylation sites is 1. The van der Waals surface area contributed by atoms with Gasteiger partial charge in [0.1, 0.15) is 0 Å². The minimum absolute atomic E-state index is 0.170. The minimum Gasteiger partial charge on any atom is -0.322 e. The smallest absolute Gasteiger partial charge is 0.255 e. The molecule has 2 aromatic carbocycles. The van der Waals surface area contributed by atoms with Gasteiger partial charge in [-0.2, -0.15) is 11.8 Å². The van der Waals surface area contributed by atoms with Gasteiger partial charge in [-0.25, -0.2) is 5.01 Å². The zero-order valence-corrected chi connectivity index (χ0v) is 17.4. The van der Waals surface area contributed by atoms with E-state index in [0.29, 0.717) is 11.3 Å². The van der Waals surface area contributed by atoms with Crippen molar-refractivity contribution in [3.8, 4) is 0 Å². The van der Waals surface area contributed by atoms with Crippen molar-refractivity contribution in [2.75, 3.05) is 34.9 Å². The molecule has 0 aliphatic carbocycles. The van der Waals surface area contributed by atoms with Gasteiger partial charge >= 0.3 is 0 Å².